The van der Waals surface area contributed by atoms with Gasteiger partial charge in [-0.1, -0.05) is 60.7 Å². The summed E-state index contributed by atoms with van der Waals surface area (Å²) in [6, 6.07) is 24.1. The van der Waals surface area contributed by atoms with Crippen molar-refractivity contribution in [3.63, 3.8) is 0 Å². The van der Waals surface area contributed by atoms with Gasteiger partial charge in [-0.2, -0.15) is 13.2 Å². The number of hydrogen-bond acceptors (Lipinski definition) is 3. The number of alkyl halides is 3. The third-order valence-corrected chi connectivity index (χ3v) is 7.24. The van der Waals surface area contributed by atoms with Gasteiger partial charge in [0.1, 0.15) is 5.82 Å². The fourth-order valence-electron chi connectivity index (χ4n) is 5.05. The van der Waals surface area contributed by atoms with Crippen molar-refractivity contribution < 1.29 is 13.2 Å². The molecule has 0 radical (unpaired) electrons. The van der Waals surface area contributed by atoms with Crippen LogP contribution in [-0.4, -0.2) is 28.6 Å². The Morgan fingerprint density at radius 1 is 0.865 bits per heavy atom. The number of aryl methyl sites for hydroxylation is 1. The van der Waals surface area contributed by atoms with Crippen molar-refractivity contribution in [1.29, 1.82) is 0 Å². The van der Waals surface area contributed by atoms with Gasteiger partial charge in [0.15, 0.2) is 0 Å². The summed E-state index contributed by atoms with van der Waals surface area (Å²) in [5.41, 5.74) is 5.38. The summed E-state index contributed by atoms with van der Waals surface area (Å²) < 4.78 is 38.9. The van der Waals surface area contributed by atoms with Crippen LogP contribution in [-0.2, 0) is 19.1 Å². The Balaban J connectivity index is 1.33. The lowest BCUT2D eigenvalue weighted by Crippen LogP contribution is -2.53. The topological polar surface area (TPSA) is 52.7 Å². The quantitative estimate of drug-likeness (QED) is 0.268. The van der Waals surface area contributed by atoms with Gasteiger partial charge in [-0.05, 0) is 67.7 Å². The number of aromatic amines is 1. The molecule has 0 atom stereocenters. The molecule has 4 aromatic rings. The molecule has 1 aromatic heterocycles. The molecular formula is C30H31F3N4. The lowest BCUT2D eigenvalue weighted by molar-refractivity contribution is -0.137. The summed E-state index contributed by atoms with van der Waals surface area (Å²) >= 11 is 0. The minimum absolute atomic E-state index is 0.120. The average molecular weight is 505 g/mol. The van der Waals surface area contributed by atoms with Crippen LogP contribution in [0, 0.1) is 6.92 Å². The lowest BCUT2D eigenvalue weighted by atomic mass is 9.83. The van der Waals surface area contributed by atoms with Gasteiger partial charge in [-0.15, -0.1) is 0 Å². The summed E-state index contributed by atoms with van der Waals surface area (Å²) in [6.45, 7) is 4.57. The molecule has 0 bridgehead atoms. The van der Waals surface area contributed by atoms with E-state index < -0.39 is 11.7 Å². The van der Waals surface area contributed by atoms with E-state index in [4.69, 9.17) is 4.98 Å². The molecule has 1 saturated heterocycles. The van der Waals surface area contributed by atoms with E-state index in [1.807, 2.05) is 13.0 Å². The molecule has 192 valence electrons. The van der Waals surface area contributed by atoms with Gasteiger partial charge >= 0.3 is 6.18 Å². The van der Waals surface area contributed by atoms with E-state index in [9.17, 15) is 13.2 Å². The number of H-pyrrole nitrogens is 1. The fourth-order valence-corrected chi connectivity index (χ4v) is 5.05. The second-order valence-electron chi connectivity index (χ2n) is 9.86. The molecule has 0 saturated carbocycles. The van der Waals surface area contributed by atoms with Crippen molar-refractivity contribution in [1.82, 2.24) is 20.6 Å². The standard InChI is InChI=1S/C30H31F3N4/c1-21-27(37-28(36-21)24-10-12-26(13-11-24)30(31,32)33)19-29(14-16-34-17-15-29)35-20-22-6-5-9-25(18-22)23-7-3-2-4-8-23/h2-13,18,34-35H,14-17,19-20H2,1H3,(H,36,37). The number of nitrogens with zero attached hydrogens (tertiary/aromatic N) is 1. The Morgan fingerprint density at radius 3 is 2.27 bits per heavy atom. The van der Waals surface area contributed by atoms with Gasteiger partial charge < -0.3 is 15.6 Å². The van der Waals surface area contributed by atoms with Gasteiger partial charge in [0.2, 0.25) is 0 Å². The summed E-state index contributed by atoms with van der Waals surface area (Å²) in [7, 11) is 0. The SMILES string of the molecule is Cc1[nH]c(-c2ccc(C(F)(F)F)cc2)nc1CC1(NCc2cccc(-c3ccccc3)c2)CCNCC1. The van der Waals surface area contributed by atoms with E-state index in [2.05, 4.69) is 64.1 Å². The van der Waals surface area contributed by atoms with Crippen LogP contribution in [0.1, 0.15) is 35.4 Å². The number of hydrogen-bond donors (Lipinski definition) is 3. The maximum absolute atomic E-state index is 13.0. The predicted molar refractivity (Wildman–Crippen MR) is 141 cm³/mol. The first kappa shape index (κ1) is 25.2. The van der Waals surface area contributed by atoms with E-state index >= 15 is 0 Å². The Morgan fingerprint density at radius 2 is 1.57 bits per heavy atom. The molecule has 3 aromatic carbocycles. The van der Waals surface area contributed by atoms with E-state index in [0.717, 1.165) is 62.4 Å². The van der Waals surface area contributed by atoms with Crippen LogP contribution in [0.2, 0.25) is 0 Å². The zero-order chi connectivity index (χ0) is 25.9. The molecule has 0 aliphatic carbocycles. The van der Waals surface area contributed by atoms with Crippen LogP contribution in [0.25, 0.3) is 22.5 Å². The van der Waals surface area contributed by atoms with Crippen molar-refractivity contribution in [2.24, 2.45) is 0 Å². The predicted octanol–water partition coefficient (Wildman–Crippen LogP) is 6.53. The van der Waals surface area contributed by atoms with Crippen molar-refractivity contribution in [2.75, 3.05) is 13.1 Å². The number of nitrogens with one attached hydrogen (secondary N) is 3. The Bertz CT molecular complexity index is 1320. The Kier molecular flexibility index (Phi) is 7.17. The highest BCUT2D eigenvalue weighted by Crippen LogP contribution is 2.31. The zero-order valence-corrected chi connectivity index (χ0v) is 20.8. The molecule has 3 N–H and O–H groups in total. The molecule has 0 unspecified atom stereocenters. The Hall–Kier alpha value is -3.42. The highest BCUT2D eigenvalue weighted by atomic mass is 19.4. The molecule has 2 heterocycles. The van der Waals surface area contributed by atoms with E-state index in [0.29, 0.717) is 11.4 Å². The van der Waals surface area contributed by atoms with Crippen LogP contribution >= 0.6 is 0 Å². The van der Waals surface area contributed by atoms with Crippen molar-refractivity contribution in [3.05, 3.63) is 101 Å². The van der Waals surface area contributed by atoms with Gasteiger partial charge in [0, 0.05) is 29.8 Å². The molecule has 37 heavy (non-hydrogen) atoms. The van der Waals surface area contributed by atoms with Gasteiger partial charge in [0.25, 0.3) is 0 Å². The van der Waals surface area contributed by atoms with Crippen molar-refractivity contribution in [2.45, 2.75) is 44.4 Å². The number of halogens is 3. The molecule has 7 heteroatoms. The van der Waals surface area contributed by atoms with Crippen molar-refractivity contribution >= 4 is 0 Å². The van der Waals surface area contributed by atoms with Crippen LogP contribution in [0.3, 0.4) is 0 Å². The Labute approximate surface area is 215 Å². The molecular weight excluding hydrogens is 473 g/mol. The molecule has 1 aliphatic rings. The molecule has 0 spiro atoms. The van der Waals surface area contributed by atoms with E-state index in [1.165, 1.54) is 28.8 Å². The number of piperidine rings is 1. The molecule has 1 aliphatic heterocycles. The van der Waals surface area contributed by atoms with Crippen LogP contribution in [0.4, 0.5) is 13.2 Å². The second kappa shape index (κ2) is 10.5. The molecule has 4 nitrogen and oxygen atoms in total. The average Bonchev–Trinajstić information content (AvgIpc) is 3.28. The fraction of sp³-hybridized carbons (Fsp3) is 0.300. The first-order chi connectivity index (χ1) is 17.8. The summed E-state index contributed by atoms with van der Waals surface area (Å²) in [6.07, 6.45) is -1.67. The third kappa shape index (κ3) is 5.95. The van der Waals surface area contributed by atoms with Gasteiger partial charge in [-0.3, -0.25) is 0 Å². The summed E-state index contributed by atoms with van der Waals surface area (Å²) in [5, 5.41) is 7.32. The zero-order valence-electron chi connectivity index (χ0n) is 20.8. The first-order valence-corrected chi connectivity index (χ1v) is 12.6. The van der Waals surface area contributed by atoms with Crippen LogP contribution in [0.15, 0.2) is 78.9 Å². The van der Waals surface area contributed by atoms with E-state index in [-0.39, 0.29) is 5.54 Å². The molecule has 1 fully saturated rings. The van der Waals surface area contributed by atoms with E-state index in [1.54, 1.807) is 0 Å². The largest absolute Gasteiger partial charge is 0.416 e. The highest BCUT2D eigenvalue weighted by Gasteiger charge is 2.33. The maximum Gasteiger partial charge on any atom is 0.416 e. The third-order valence-electron chi connectivity index (χ3n) is 7.24. The lowest BCUT2D eigenvalue weighted by Gasteiger charge is -2.38. The summed E-state index contributed by atoms with van der Waals surface area (Å²) in [4.78, 5) is 8.11. The monoisotopic (exact) mass is 504 g/mol. The van der Waals surface area contributed by atoms with Gasteiger partial charge in [-0.25, -0.2) is 4.98 Å². The minimum atomic E-state index is -4.35. The van der Waals surface area contributed by atoms with Gasteiger partial charge in [0.05, 0.1) is 11.3 Å². The molecule has 0 amide bonds. The molecule has 5 rings (SSSR count). The number of aromatic nitrogens is 2. The number of benzene rings is 3. The second-order valence-corrected chi connectivity index (χ2v) is 9.86. The normalized spacial score (nSPS) is 15.6. The summed E-state index contributed by atoms with van der Waals surface area (Å²) in [5.74, 6) is 0.598. The minimum Gasteiger partial charge on any atom is -0.342 e. The van der Waals surface area contributed by atoms with Crippen molar-refractivity contribution in [3.8, 4) is 22.5 Å². The number of imidazole rings is 1. The first-order valence-electron chi connectivity index (χ1n) is 12.6. The van der Waals surface area contributed by atoms with Crippen LogP contribution < -0.4 is 10.6 Å². The number of rotatable bonds is 7. The smallest absolute Gasteiger partial charge is 0.342 e. The highest BCUT2D eigenvalue weighted by molar-refractivity contribution is 5.64. The maximum atomic E-state index is 13.0. The van der Waals surface area contributed by atoms with Crippen LogP contribution in [0.5, 0.6) is 0 Å².